The van der Waals surface area contributed by atoms with Crippen molar-refractivity contribution in [1.29, 1.82) is 0 Å². The molecule has 0 aliphatic carbocycles. The SMILES string of the molecule is CC(C)COC(C)(C)C(=O)C(C)C. The summed E-state index contributed by atoms with van der Waals surface area (Å²) in [5, 5.41) is 0. The number of hydrogen-bond donors (Lipinski definition) is 0. The maximum absolute atomic E-state index is 11.7. The van der Waals surface area contributed by atoms with Crippen LogP contribution in [0.5, 0.6) is 0 Å². The van der Waals surface area contributed by atoms with Crippen LogP contribution in [-0.2, 0) is 9.53 Å². The molecule has 0 atom stereocenters. The van der Waals surface area contributed by atoms with Gasteiger partial charge >= 0.3 is 0 Å². The maximum Gasteiger partial charge on any atom is 0.166 e. The standard InChI is InChI=1S/C11H22O2/c1-8(2)7-13-11(5,6)10(12)9(3)4/h8-9H,7H2,1-6H3. The molecule has 2 heteroatoms. The van der Waals surface area contributed by atoms with Crippen molar-refractivity contribution in [3.05, 3.63) is 0 Å². The van der Waals surface area contributed by atoms with E-state index in [9.17, 15) is 4.79 Å². The van der Waals surface area contributed by atoms with Crippen molar-refractivity contribution in [3.8, 4) is 0 Å². The summed E-state index contributed by atoms with van der Waals surface area (Å²) in [7, 11) is 0. The summed E-state index contributed by atoms with van der Waals surface area (Å²) in [6.45, 7) is 12.3. The minimum Gasteiger partial charge on any atom is -0.368 e. The van der Waals surface area contributed by atoms with Crippen molar-refractivity contribution in [1.82, 2.24) is 0 Å². The highest BCUT2D eigenvalue weighted by molar-refractivity contribution is 5.88. The first kappa shape index (κ1) is 12.6. The summed E-state index contributed by atoms with van der Waals surface area (Å²) >= 11 is 0. The molecular weight excluding hydrogens is 164 g/mol. The van der Waals surface area contributed by atoms with Crippen LogP contribution in [0, 0.1) is 11.8 Å². The predicted octanol–water partition coefficient (Wildman–Crippen LogP) is 2.66. The largest absolute Gasteiger partial charge is 0.368 e. The van der Waals surface area contributed by atoms with Crippen LogP contribution in [0.2, 0.25) is 0 Å². The Hall–Kier alpha value is -0.370. The van der Waals surface area contributed by atoms with Crippen molar-refractivity contribution in [3.63, 3.8) is 0 Å². The zero-order chi connectivity index (χ0) is 10.6. The lowest BCUT2D eigenvalue weighted by atomic mass is 9.94. The van der Waals surface area contributed by atoms with E-state index >= 15 is 0 Å². The van der Waals surface area contributed by atoms with Gasteiger partial charge in [0, 0.05) is 5.92 Å². The Morgan fingerprint density at radius 3 is 2.00 bits per heavy atom. The zero-order valence-electron chi connectivity index (χ0n) is 9.68. The van der Waals surface area contributed by atoms with Gasteiger partial charge in [0.15, 0.2) is 5.78 Å². The van der Waals surface area contributed by atoms with Gasteiger partial charge in [0.1, 0.15) is 5.60 Å². The van der Waals surface area contributed by atoms with Gasteiger partial charge in [-0.05, 0) is 19.8 Å². The first-order chi connectivity index (χ1) is 5.77. The number of ether oxygens (including phenoxy) is 1. The van der Waals surface area contributed by atoms with Gasteiger partial charge in [-0.25, -0.2) is 0 Å². The highest BCUT2D eigenvalue weighted by Gasteiger charge is 2.30. The molecule has 0 aromatic carbocycles. The van der Waals surface area contributed by atoms with E-state index < -0.39 is 5.60 Å². The molecule has 0 radical (unpaired) electrons. The van der Waals surface area contributed by atoms with Gasteiger partial charge in [-0.1, -0.05) is 27.7 Å². The summed E-state index contributed by atoms with van der Waals surface area (Å²) in [5.41, 5.74) is -0.627. The minimum atomic E-state index is -0.627. The quantitative estimate of drug-likeness (QED) is 0.660. The van der Waals surface area contributed by atoms with Crippen LogP contribution >= 0.6 is 0 Å². The molecule has 0 bridgehead atoms. The Morgan fingerprint density at radius 2 is 1.69 bits per heavy atom. The Morgan fingerprint density at radius 1 is 1.23 bits per heavy atom. The predicted molar refractivity (Wildman–Crippen MR) is 54.7 cm³/mol. The molecule has 0 amide bonds. The van der Waals surface area contributed by atoms with E-state index in [4.69, 9.17) is 4.74 Å². The summed E-state index contributed by atoms with van der Waals surface area (Å²) in [4.78, 5) is 11.7. The van der Waals surface area contributed by atoms with Gasteiger partial charge in [-0.15, -0.1) is 0 Å². The van der Waals surface area contributed by atoms with Crippen LogP contribution in [0.1, 0.15) is 41.5 Å². The van der Waals surface area contributed by atoms with Crippen molar-refractivity contribution in [2.45, 2.75) is 47.1 Å². The normalized spacial score (nSPS) is 12.6. The van der Waals surface area contributed by atoms with Gasteiger partial charge in [0.2, 0.25) is 0 Å². The minimum absolute atomic E-state index is 0.0437. The molecule has 0 N–H and O–H groups in total. The average Bonchev–Trinajstić information content (AvgIpc) is 1.99. The van der Waals surface area contributed by atoms with Crippen molar-refractivity contribution in [2.75, 3.05) is 6.61 Å². The molecule has 2 nitrogen and oxygen atoms in total. The number of carbonyl (C=O) groups excluding carboxylic acids is 1. The Labute approximate surface area is 81.7 Å². The van der Waals surface area contributed by atoms with Crippen LogP contribution in [0.25, 0.3) is 0 Å². The molecule has 0 unspecified atom stereocenters. The van der Waals surface area contributed by atoms with E-state index in [-0.39, 0.29) is 11.7 Å². The third kappa shape index (κ3) is 4.41. The highest BCUT2D eigenvalue weighted by atomic mass is 16.5. The van der Waals surface area contributed by atoms with E-state index in [0.29, 0.717) is 12.5 Å². The Balaban J connectivity index is 4.14. The van der Waals surface area contributed by atoms with Gasteiger partial charge < -0.3 is 4.74 Å². The van der Waals surface area contributed by atoms with E-state index in [1.807, 2.05) is 27.7 Å². The molecule has 13 heavy (non-hydrogen) atoms. The number of hydrogen-bond acceptors (Lipinski definition) is 2. The summed E-state index contributed by atoms with van der Waals surface area (Å²) in [6.07, 6.45) is 0. The monoisotopic (exact) mass is 186 g/mol. The summed E-state index contributed by atoms with van der Waals surface area (Å²) in [5.74, 6) is 0.689. The molecule has 0 saturated heterocycles. The molecule has 0 aromatic heterocycles. The van der Waals surface area contributed by atoms with Gasteiger partial charge in [0.05, 0.1) is 6.61 Å². The average molecular weight is 186 g/mol. The third-order valence-electron chi connectivity index (χ3n) is 1.90. The molecule has 0 aliphatic heterocycles. The smallest absolute Gasteiger partial charge is 0.166 e. The summed E-state index contributed by atoms with van der Waals surface area (Å²) in [6, 6.07) is 0. The van der Waals surface area contributed by atoms with Crippen molar-refractivity contribution >= 4 is 5.78 Å². The molecule has 0 fully saturated rings. The van der Waals surface area contributed by atoms with E-state index in [1.54, 1.807) is 0 Å². The number of carbonyl (C=O) groups is 1. The number of rotatable bonds is 5. The van der Waals surface area contributed by atoms with Gasteiger partial charge in [0.25, 0.3) is 0 Å². The van der Waals surface area contributed by atoms with E-state index in [2.05, 4.69) is 13.8 Å². The summed E-state index contributed by atoms with van der Waals surface area (Å²) < 4.78 is 5.56. The molecule has 0 heterocycles. The fourth-order valence-electron chi connectivity index (χ4n) is 1.14. The molecule has 0 aliphatic rings. The van der Waals surface area contributed by atoms with Gasteiger partial charge in [-0.3, -0.25) is 4.79 Å². The van der Waals surface area contributed by atoms with Crippen LogP contribution in [0.3, 0.4) is 0 Å². The molecule has 0 aromatic rings. The molecular formula is C11H22O2. The molecule has 0 rings (SSSR count). The fraction of sp³-hybridized carbons (Fsp3) is 0.909. The van der Waals surface area contributed by atoms with Crippen LogP contribution in [0.15, 0.2) is 0 Å². The third-order valence-corrected chi connectivity index (χ3v) is 1.90. The first-order valence-electron chi connectivity index (χ1n) is 4.95. The Bertz CT molecular complexity index is 169. The van der Waals surface area contributed by atoms with Crippen LogP contribution in [0.4, 0.5) is 0 Å². The molecule has 0 saturated carbocycles. The second-order valence-corrected chi connectivity index (χ2v) is 4.73. The first-order valence-corrected chi connectivity index (χ1v) is 4.95. The van der Waals surface area contributed by atoms with E-state index in [1.165, 1.54) is 0 Å². The van der Waals surface area contributed by atoms with Crippen LogP contribution < -0.4 is 0 Å². The fourth-order valence-corrected chi connectivity index (χ4v) is 1.14. The second kappa shape index (κ2) is 4.75. The van der Waals surface area contributed by atoms with Crippen molar-refractivity contribution < 1.29 is 9.53 Å². The molecule has 0 spiro atoms. The van der Waals surface area contributed by atoms with Gasteiger partial charge in [-0.2, -0.15) is 0 Å². The topological polar surface area (TPSA) is 26.3 Å². The second-order valence-electron chi connectivity index (χ2n) is 4.73. The lowest BCUT2D eigenvalue weighted by molar-refractivity contribution is -0.144. The van der Waals surface area contributed by atoms with Crippen molar-refractivity contribution in [2.24, 2.45) is 11.8 Å². The van der Waals surface area contributed by atoms with Crippen LogP contribution in [-0.4, -0.2) is 18.0 Å². The number of ketones is 1. The lowest BCUT2D eigenvalue weighted by Gasteiger charge is -2.26. The lowest BCUT2D eigenvalue weighted by Crippen LogP contribution is -2.39. The zero-order valence-corrected chi connectivity index (χ0v) is 9.68. The highest BCUT2D eigenvalue weighted by Crippen LogP contribution is 2.17. The van der Waals surface area contributed by atoms with E-state index in [0.717, 1.165) is 0 Å². The number of Topliss-reactive ketones (excluding diaryl/α,β-unsaturated/α-hetero) is 1. The molecule has 78 valence electrons. The maximum atomic E-state index is 11.7. The Kier molecular flexibility index (Phi) is 4.62.